The SMILES string of the molecule is CC.CC(=O)/C=C/c1ccc(O)c(O)c1.CC(=O)Cc1ccc(C(F)(F)F)cc1.CCC(C)=O.CCC(C)=O.CCCCC/C=C\C/C=C\CC(C)=O. The minimum Gasteiger partial charge on any atom is -0.504 e. The van der Waals surface area contributed by atoms with Crippen LogP contribution in [0.3, 0.4) is 0 Å². The van der Waals surface area contributed by atoms with Gasteiger partial charge < -0.3 is 19.8 Å². The zero-order valence-electron chi connectivity index (χ0n) is 33.4. The topological polar surface area (TPSA) is 126 Å². The van der Waals surface area contributed by atoms with Gasteiger partial charge in [-0.25, -0.2) is 0 Å². The number of allylic oxidation sites excluding steroid dienone is 5. The summed E-state index contributed by atoms with van der Waals surface area (Å²) in [5.41, 5.74) is 0.584. The maximum atomic E-state index is 12.1. The van der Waals surface area contributed by atoms with E-state index in [0.29, 0.717) is 30.4 Å². The number of ketones is 5. The van der Waals surface area contributed by atoms with Gasteiger partial charge in [0.25, 0.3) is 0 Å². The number of aromatic hydroxyl groups is 2. The molecular formula is C43H63F3O7. The van der Waals surface area contributed by atoms with Crippen molar-refractivity contribution in [2.75, 3.05) is 0 Å². The van der Waals surface area contributed by atoms with Gasteiger partial charge in [0.2, 0.25) is 0 Å². The number of carbonyl (C=O) groups is 5. The van der Waals surface area contributed by atoms with Gasteiger partial charge in [0, 0.05) is 25.7 Å². The second kappa shape index (κ2) is 35.8. The maximum absolute atomic E-state index is 12.1. The number of unbranched alkanes of at least 4 members (excludes halogenated alkanes) is 3. The van der Waals surface area contributed by atoms with E-state index < -0.39 is 11.7 Å². The molecule has 298 valence electrons. The van der Waals surface area contributed by atoms with E-state index in [1.165, 1.54) is 69.9 Å². The fourth-order valence-electron chi connectivity index (χ4n) is 3.11. The van der Waals surface area contributed by atoms with Gasteiger partial charge >= 0.3 is 6.18 Å². The molecule has 7 nitrogen and oxygen atoms in total. The standard InChI is InChI=1S/C13H22O.C10H9F3O.C10H10O3.2C4H8O.C2H6/c1-3-4-5-6-7-8-9-10-11-12-13(2)14;1-7(14)6-8-2-4-9(5-3-8)10(11,12)13;1-7(11)2-3-8-4-5-9(12)10(13)6-8;2*1-3-4(2)5;1-2/h7-8,10-11H,3-6,9,12H2,1-2H3;2-5H,6H2,1H3;2-6,12-13H,1H3;2*3H2,1-2H3;1-2H3/b8-7-,11-10-;;3-2+;;;. The monoisotopic (exact) mass is 748 g/mol. The Morgan fingerprint density at radius 3 is 1.57 bits per heavy atom. The molecular weight excluding hydrogens is 685 g/mol. The van der Waals surface area contributed by atoms with Crippen molar-refractivity contribution in [1.29, 1.82) is 0 Å². The minimum atomic E-state index is -4.31. The Morgan fingerprint density at radius 2 is 1.17 bits per heavy atom. The molecule has 0 atom stereocenters. The molecule has 10 heteroatoms. The minimum absolute atomic E-state index is 0.0624. The molecule has 53 heavy (non-hydrogen) atoms. The van der Waals surface area contributed by atoms with Crippen molar-refractivity contribution in [2.24, 2.45) is 0 Å². The summed E-state index contributed by atoms with van der Waals surface area (Å²) in [6, 6.07) is 8.98. The lowest BCUT2D eigenvalue weighted by Gasteiger charge is -2.06. The van der Waals surface area contributed by atoms with Crippen LogP contribution in [0.25, 0.3) is 6.08 Å². The fraction of sp³-hybridized carbons (Fsp3) is 0.465. The molecule has 0 aliphatic carbocycles. The van der Waals surface area contributed by atoms with E-state index >= 15 is 0 Å². The highest BCUT2D eigenvalue weighted by molar-refractivity contribution is 5.91. The lowest BCUT2D eigenvalue weighted by Crippen LogP contribution is -2.05. The first kappa shape index (κ1) is 55.2. The van der Waals surface area contributed by atoms with Gasteiger partial charge in [-0.1, -0.05) is 96.0 Å². The third kappa shape index (κ3) is 41.7. The number of phenolic OH excluding ortho intramolecular Hbond substituents is 2. The van der Waals surface area contributed by atoms with Gasteiger partial charge in [-0.05, 0) is 95.3 Å². The third-order valence-electron chi connectivity index (χ3n) is 6.23. The molecule has 2 aromatic carbocycles. The summed E-state index contributed by atoms with van der Waals surface area (Å²) in [5.74, 6) is 0.256. The summed E-state index contributed by atoms with van der Waals surface area (Å²) >= 11 is 0. The summed E-state index contributed by atoms with van der Waals surface area (Å²) in [6.45, 7) is 17.5. The Kier molecular flexibility index (Phi) is 37.2. The van der Waals surface area contributed by atoms with Crippen molar-refractivity contribution in [1.82, 2.24) is 0 Å². The highest BCUT2D eigenvalue weighted by Crippen LogP contribution is 2.29. The quantitative estimate of drug-likeness (QED) is 0.0852. The summed E-state index contributed by atoms with van der Waals surface area (Å²) in [7, 11) is 0. The van der Waals surface area contributed by atoms with Crippen LogP contribution in [0.4, 0.5) is 13.2 Å². The lowest BCUT2D eigenvalue weighted by atomic mass is 10.1. The molecule has 0 saturated carbocycles. The Bertz CT molecular complexity index is 1370. The number of halogens is 3. The molecule has 2 aromatic rings. The molecule has 0 unspecified atom stereocenters. The van der Waals surface area contributed by atoms with E-state index in [-0.39, 0.29) is 46.8 Å². The summed E-state index contributed by atoms with van der Waals surface area (Å²) < 4.78 is 36.3. The average molecular weight is 749 g/mol. The second-order valence-corrected chi connectivity index (χ2v) is 11.5. The third-order valence-corrected chi connectivity index (χ3v) is 6.23. The number of hydrogen-bond donors (Lipinski definition) is 2. The average Bonchev–Trinajstić information content (AvgIpc) is 3.09. The van der Waals surface area contributed by atoms with Gasteiger partial charge in [0.15, 0.2) is 17.3 Å². The maximum Gasteiger partial charge on any atom is 0.416 e. The molecule has 0 radical (unpaired) electrons. The van der Waals surface area contributed by atoms with Crippen molar-refractivity contribution >= 4 is 35.0 Å². The molecule has 0 saturated heterocycles. The van der Waals surface area contributed by atoms with Gasteiger partial charge in [-0.15, -0.1) is 0 Å². The van der Waals surface area contributed by atoms with Crippen molar-refractivity contribution in [3.05, 3.63) is 89.5 Å². The summed E-state index contributed by atoms with van der Waals surface area (Å²) in [5, 5.41) is 18.1. The zero-order chi connectivity index (χ0) is 41.8. The van der Waals surface area contributed by atoms with Crippen molar-refractivity contribution < 1.29 is 47.4 Å². The Labute approximate surface area is 316 Å². The van der Waals surface area contributed by atoms with Crippen molar-refractivity contribution in [2.45, 2.75) is 133 Å². The van der Waals surface area contributed by atoms with Crippen LogP contribution < -0.4 is 0 Å². The predicted molar refractivity (Wildman–Crippen MR) is 211 cm³/mol. The van der Waals surface area contributed by atoms with Crippen LogP contribution in [0.2, 0.25) is 0 Å². The number of Topliss-reactive ketones (excluding diaryl/α,β-unsaturated/α-hetero) is 4. The summed E-state index contributed by atoms with van der Waals surface area (Å²) in [4.78, 5) is 51.4. The van der Waals surface area contributed by atoms with Crippen LogP contribution in [-0.2, 0) is 36.6 Å². The van der Waals surface area contributed by atoms with Crippen LogP contribution in [-0.4, -0.2) is 39.1 Å². The lowest BCUT2D eigenvalue weighted by molar-refractivity contribution is -0.137. The van der Waals surface area contributed by atoms with Gasteiger partial charge in [0.1, 0.15) is 23.1 Å². The number of phenols is 2. The van der Waals surface area contributed by atoms with E-state index in [0.717, 1.165) is 18.6 Å². The normalized spacial score (nSPS) is 10.2. The van der Waals surface area contributed by atoms with E-state index in [2.05, 4.69) is 25.2 Å². The van der Waals surface area contributed by atoms with Crippen molar-refractivity contribution in [3.8, 4) is 11.5 Å². The van der Waals surface area contributed by atoms with Crippen LogP contribution in [0.15, 0.2) is 72.8 Å². The Morgan fingerprint density at radius 1 is 0.660 bits per heavy atom. The molecule has 0 heterocycles. The van der Waals surface area contributed by atoms with Crippen LogP contribution in [0, 0.1) is 0 Å². The Hall–Kier alpha value is -4.60. The molecule has 0 aliphatic rings. The molecule has 0 amide bonds. The number of rotatable bonds is 14. The largest absolute Gasteiger partial charge is 0.504 e. The van der Waals surface area contributed by atoms with Crippen LogP contribution >= 0.6 is 0 Å². The predicted octanol–water partition coefficient (Wildman–Crippen LogP) is 11.6. The number of hydrogen-bond acceptors (Lipinski definition) is 7. The number of benzene rings is 2. The molecule has 0 aromatic heterocycles. The number of alkyl halides is 3. The first-order valence-electron chi connectivity index (χ1n) is 17.9. The van der Waals surface area contributed by atoms with Crippen LogP contribution in [0.5, 0.6) is 11.5 Å². The molecule has 2 N–H and O–H groups in total. The zero-order valence-corrected chi connectivity index (χ0v) is 33.4. The van der Waals surface area contributed by atoms with E-state index in [4.69, 9.17) is 10.2 Å². The fourth-order valence-corrected chi connectivity index (χ4v) is 3.11. The van der Waals surface area contributed by atoms with E-state index in [9.17, 15) is 37.1 Å². The molecule has 0 spiro atoms. The van der Waals surface area contributed by atoms with Gasteiger partial charge in [0.05, 0.1) is 5.56 Å². The highest BCUT2D eigenvalue weighted by atomic mass is 19.4. The number of carbonyl (C=O) groups excluding carboxylic acids is 5. The van der Waals surface area contributed by atoms with E-state index in [1.54, 1.807) is 32.9 Å². The molecule has 2 rings (SSSR count). The first-order valence-corrected chi connectivity index (χ1v) is 17.9. The highest BCUT2D eigenvalue weighted by Gasteiger charge is 2.29. The van der Waals surface area contributed by atoms with Crippen molar-refractivity contribution in [3.63, 3.8) is 0 Å². The van der Waals surface area contributed by atoms with Gasteiger partial charge in [-0.2, -0.15) is 13.2 Å². The van der Waals surface area contributed by atoms with E-state index in [1.807, 2.05) is 33.8 Å². The summed E-state index contributed by atoms with van der Waals surface area (Å²) in [6.07, 6.45) is 15.2. The van der Waals surface area contributed by atoms with Gasteiger partial charge in [-0.3, -0.25) is 14.4 Å². The first-order chi connectivity index (χ1) is 24.8. The Balaban J connectivity index is -0.000000295. The van der Waals surface area contributed by atoms with Crippen LogP contribution in [0.1, 0.15) is 137 Å². The smallest absolute Gasteiger partial charge is 0.416 e. The second-order valence-electron chi connectivity index (χ2n) is 11.5. The molecule has 0 bridgehead atoms. The molecule has 0 aliphatic heterocycles. The molecule has 0 fully saturated rings.